The van der Waals surface area contributed by atoms with Gasteiger partial charge in [0.15, 0.2) is 0 Å². The van der Waals surface area contributed by atoms with Gasteiger partial charge < -0.3 is 10.2 Å². The average molecular weight is 260 g/mol. The van der Waals surface area contributed by atoms with Crippen LogP contribution in [-0.4, -0.2) is 30.4 Å². The minimum absolute atomic E-state index is 0.0699. The lowest BCUT2D eigenvalue weighted by Crippen LogP contribution is -2.44. The largest absolute Gasteiger partial charge is 0.384 e. The summed E-state index contributed by atoms with van der Waals surface area (Å²) in [6, 6.07) is 8.63. The van der Waals surface area contributed by atoms with Crippen LogP contribution < -0.4 is 5.32 Å². The van der Waals surface area contributed by atoms with Crippen LogP contribution in [0.3, 0.4) is 0 Å². The molecule has 0 bridgehead atoms. The molecule has 19 heavy (non-hydrogen) atoms. The highest BCUT2D eigenvalue weighted by Crippen LogP contribution is 2.25. The quantitative estimate of drug-likeness (QED) is 0.902. The van der Waals surface area contributed by atoms with Gasteiger partial charge in [-0.2, -0.15) is 0 Å². The van der Waals surface area contributed by atoms with Crippen LogP contribution in [0.2, 0.25) is 0 Å². The number of carbonyl (C=O) groups excluding carboxylic acids is 1. The number of benzene rings is 1. The molecule has 0 saturated carbocycles. The molecule has 1 aromatic rings. The molecule has 1 heterocycles. The van der Waals surface area contributed by atoms with Gasteiger partial charge >= 0.3 is 0 Å². The summed E-state index contributed by atoms with van der Waals surface area (Å²) in [4.78, 5) is 14.5. The number of carbonyl (C=O) groups is 1. The van der Waals surface area contributed by atoms with Crippen molar-refractivity contribution in [1.29, 1.82) is 0 Å². The average Bonchev–Trinajstić information content (AvgIpc) is 2.47. The van der Waals surface area contributed by atoms with Crippen molar-refractivity contribution in [3.05, 3.63) is 29.8 Å². The van der Waals surface area contributed by atoms with Crippen LogP contribution >= 0.6 is 0 Å². The molecule has 3 nitrogen and oxygen atoms in total. The Hall–Kier alpha value is -1.51. The number of fused-ring (bicyclic) bond motifs is 1. The van der Waals surface area contributed by atoms with Crippen LogP contribution in [-0.2, 0) is 11.2 Å². The van der Waals surface area contributed by atoms with E-state index in [1.54, 1.807) is 0 Å². The van der Waals surface area contributed by atoms with Crippen molar-refractivity contribution in [3.8, 4) is 0 Å². The third-order valence-electron chi connectivity index (χ3n) is 4.21. The lowest BCUT2D eigenvalue weighted by Gasteiger charge is -2.32. The summed E-state index contributed by atoms with van der Waals surface area (Å²) < 4.78 is 0. The fourth-order valence-electron chi connectivity index (χ4n) is 2.92. The molecule has 1 amide bonds. The van der Waals surface area contributed by atoms with Gasteiger partial charge in [0.05, 0.1) is 5.92 Å². The molecule has 1 aliphatic rings. The Balaban J connectivity index is 2.06. The Morgan fingerprint density at radius 2 is 2.05 bits per heavy atom. The first-order chi connectivity index (χ1) is 9.17. The van der Waals surface area contributed by atoms with Crippen molar-refractivity contribution in [1.82, 2.24) is 4.90 Å². The topological polar surface area (TPSA) is 32.3 Å². The maximum absolute atomic E-state index is 12.6. The smallest absolute Gasteiger partial charge is 0.227 e. The Bertz CT molecular complexity index is 440. The normalized spacial score (nSPS) is 17.8. The van der Waals surface area contributed by atoms with E-state index in [4.69, 9.17) is 0 Å². The first kappa shape index (κ1) is 13.9. The number of hydrogen-bond acceptors (Lipinski definition) is 2. The van der Waals surface area contributed by atoms with E-state index in [1.807, 2.05) is 24.1 Å². The van der Waals surface area contributed by atoms with Gasteiger partial charge in [0.2, 0.25) is 5.91 Å². The lowest BCUT2D eigenvalue weighted by atomic mass is 9.92. The van der Waals surface area contributed by atoms with E-state index < -0.39 is 0 Å². The van der Waals surface area contributed by atoms with Crippen LogP contribution in [0.25, 0.3) is 0 Å². The fraction of sp³-hybridized carbons (Fsp3) is 0.562. The van der Waals surface area contributed by atoms with Crippen LogP contribution in [0.15, 0.2) is 24.3 Å². The van der Waals surface area contributed by atoms with E-state index in [2.05, 4.69) is 31.3 Å². The summed E-state index contributed by atoms with van der Waals surface area (Å²) in [5, 5.41) is 3.38. The molecule has 0 aliphatic carbocycles. The summed E-state index contributed by atoms with van der Waals surface area (Å²) in [5.41, 5.74) is 2.43. The van der Waals surface area contributed by atoms with Crippen LogP contribution in [0, 0.1) is 5.92 Å². The van der Waals surface area contributed by atoms with E-state index in [9.17, 15) is 4.79 Å². The minimum atomic E-state index is 0.0699. The van der Waals surface area contributed by atoms with Gasteiger partial charge in [0.25, 0.3) is 0 Å². The molecule has 1 aliphatic heterocycles. The van der Waals surface area contributed by atoms with E-state index in [-0.39, 0.29) is 11.8 Å². The molecule has 0 fully saturated rings. The van der Waals surface area contributed by atoms with Gasteiger partial charge in [-0.1, -0.05) is 32.0 Å². The molecule has 104 valence electrons. The van der Waals surface area contributed by atoms with Crippen molar-refractivity contribution in [2.75, 3.05) is 18.9 Å². The summed E-state index contributed by atoms with van der Waals surface area (Å²) >= 11 is 0. The molecule has 1 aromatic carbocycles. The first-order valence-corrected chi connectivity index (χ1v) is 7.25. The number of para-hydroxylation sites is 1. The van der Waals surface area contributed by atoms with E-state index in [0.717, 1.165) is 25.8 Å². The van der Waals surface area contributed by atoms with Crippen molar-refractivity contribution < 1.29 is 4.79 Å². The van der Waals surface area contributed by atoms with Crippen molar-refractivity contribution in [3.63, 3.8) is 0 Å². The molecular weight excluding hydrogens is 236 g/mol. The monoisotopic (exact) mass is 260 g/mol. The van der Waals surface area contributed by atoms with Gasteiger partial charge in [-0.3, -0.25) is 4.79 Å². The second kappa shape index (κ2) is 6.09. The van der Waals surface area contributed by atoms with E-state index in [0.29, 0.717) is 6.04 Å². The Labute approximate surface area is 116 Å². The number of hydrogen-bond donors (Lipinski definition) is 1. The molecule has 2 rings (SSSR count). The molecule has 1 atom stereocenters. The minimum Gasteiger partial charge on any atom is -0.384 e. The van der Waals surface area contributed by atoms with Crippen LogP contribution in [0.5, 0.6) is 0 Å². The molecule has 1 unspecified atom stereocenters. The van der Waals surface area contributed by atoms with Crippen molar-refractivity contribution >= 4 is 11.6 Å². The highest BCUT2D eigenvalue weighted by molar-refractivity contribution is 5.81. The summed E-state index contributed by atoms with van der Waals surface area (Å²) in [6.07, 6.45) is 2.90. The maximum atomic E-state index is 12.6. The Kier molecular flexibility index (Phi) is 4.46. The predicted molar refractivity (Wildman–Crippen MR) is 79.3 cm³/mol. The first-order valence-electron chi connectivity index (χ1n) is 7.25. The third-order valence-corrected chi connectivity index (χ3v) is 4.21. The number of nitrogens with zero attached hydrogens (tertiary/aromatic N) is 1. The lowest BCUT2D eigenvalue weighted by molar-refractivity contribution is -0.136. The molecule has 3 heteroatoms. The maximum Gasteiger partial charge on any atom is 0.227 e. The van der Waals surface area contributed by atoms with E-state index in [1.165, 1.54) is 11.3 Å². The molecule has 0 saturated heterocycles. The van der Waals surface area contributed by atoms with Crippen molar-refractivity contribution in [2.45, 2.75) is 39.2 Å². The van der Waals surface area contributed by atoms with Gasteiger partial charge in [0, 0.05) is 25.3 Å². The summed E-state index contributed by atoms with van der Waals surface area (Å²) in [5.74, 6) is 0.344. The second-order valence-corrected chi connectivity index (χ2v) is 5.36. The Morgan fingerprint density at radius 3 is 2.74 bits per heavy atom. The molecular formula is C16H24N2O. The molecule has 0 radical (unpaired) electrons. The molecule has 0 aromatic heterocycles. The summed E-state index contributed by atoms with van der Waals surface area (Å²) in [6.45, 7) is 5.04. The zero-order chi connectivity index (χ0) is 13.8. The highest BCUT2D eigenvalue weighted by Gasteiger charge is 2.28. The van der Waals surface area contributed by atoms with Gasteiger partial charge in [-0.05, 0) is 30.9 Å². The third kappa shape index (κ3) is 2.91. The number of anilines is 1. The predicted octanol–water partition coefficient (Wildman–Crippen LogP) is 2.92. The van der Waals surface area contributed by atoms with Gasteiger partial charge in [-0.25, -0.2) is 0 Å². The second-order valence-electron chi connectivity index (χ2n) is 5.36. The van der Waals surface area contributed by atoms with Crippen LogP contribution in [0.4, 0.5) is 5.69 Å². The molecule has 0 spiro atoms. The van der Waals surface area contributed by atoms with Crippen molar-refractivity contribution in [2.24, 2.45) is 5.92 Å². The number of amides is 1. The van der Waals surface area contributed by atoms with Crippen LogP contribution in [0.1, 0.15) is 32.3 Å². The Morgan fingerprint density at radius 1 is 1.37 bits per heavy atom. The number of rotatable bonds is 4. The van der Waals surface area contributed by atoms with Gasteiger partial charge in [0.1, 0.15) is 0 Å². The zero-order valence-corrected chi connectivity index (χ0v) is 12.1. The molecule has 1 N–H and O–H groups in total. The fourth-order valence-corrected chi connectivity index (χ4v) is 2.92. The van der Waals surface area contributed by atoms with Gasteiger partial charge in [-0.15, -0.1) is 0 Å². The zero-order valence-electron chi connectivity index (χ0n) is 12.1. The summed E-state index contributed by atoms with van der Waals surface area (Å²) in [7, 11) is 1.94. The standard InChI is InChI=1S/C16H24N2O/c1-4-14(5-2)18(3)16(19)13-10-12-8-6-7-9-15(12)17-11-13/h6-9,13-14,17H,4-5,10-11H2,1-3H3. The SMILES string of the molecule is CCC(CC)N(C)C(=O)C1CNc2ccccc2C1. The van der Waals surface area contributed by atoms with E-state index >= 15 is 0 Å². The number of nitrogens with one attached hydrogen (secondary N) is 1. The highest BCUT2D eigenvalue weighted by atomic mass is 16.2.